The number of aliphatic hydroxyl groups excluding tert-OH is 2. The van der Waals surface area contributed by atoms with Crippen molar-refractivity contribution in [2.24, 2.45) is 5.41 Å². The summed E-state index contributed by atoms with van der Waals surface area (Å²) in [5.41, 5.74) is 0.736. The largest absolute Gasteiger partial charge is 0.476 e. The summed E-state index contributed by atoms with van der Waals surface area (Å²) < 4.78 is 5.74. The highest BCUT2D eigenvalue weighted by atomic mass is 16.5. The van der Waals surface area contributed by atoms with Gasteiger partial charge in [0.25, 0.3) is 0 Å². The molecule has 1 aliphatic carbocycles. The van der Waals surface area contributed by atoms with E-state index >= 15 is 0 Å². The van der Waals surface area contributed by atoms with Gasteiger partial charge in [-0.3, -0.25) is 9.97 Å². The van der Waals surface area contributed by atoms with Gasteiger partial charge in [-0.2, -0.15) is 0 Å². The fraction of sp³-hybridized carbons (Fsp3) is 0.471. The van der Waals surface area contributed by atoms with Crippen LogP contribution in [0.3, 0.4) is 0 Å². The molecule has 0 aromatic carbocycles. The van der Waals surface area contributed by atoms with Crippen LogP contribution in [0, 0.1) is 5.41 Å². The van der Waals surface area contributed by atoms with E-state index in [0.717, 1.165) is 5.56 Å². The first-order valence-corrected chi connectivity index (χ1v) is 8.01. The summed E-state index contributed by atoms with van der Waals surface area (Å²) in [5, 5.41) is 23.3. The minimum Gasteiger partial charge on any atom is -0.476 e. The molecule has 0 amide bonds. The number of aromatic nitrogens is 3. The molecule has 3 atom stereocenters. The zero-order valence-corrected chi connectivity index (χ0v) is 13.4. The summed E-state index contributed by atoms with van der Waals surface area (Å²) in [6, 6.07) is 3.90. The third kappa shape index (κ3) is 4.25. The minimum absolute atomic E-state index is 0.349. The van der Waals surface area contributed by atoms with Gasteiger partial charge in [0.05, 0.1) is 25.0 Å². The van der Waals surface area contributed by atoms with Gasteiger partial charge >= 0.3 is 0 Å². The number of rotatable bonds is 7. The number of hydrogen-bond donors (Lipinski definition) is 3. The molecule has 7 nitrogen and oxygen atoms in total. The van der Waals surface area contributed by atoms with Gasteiger partial charge in [0.15, 0.2) is 0 Å². The molecule has 1 saturated carbocycles. The van der Waals surface area contributed by atoms with Crippen LogP contribution in [0.15, 0.2) is 43.1 Å². The van der Waals surface area contributed by atoms with Crippen LogP contribution in [0.1, 0.15) is 18.4 Å². The maximum absolute atomic E-state index is 9.98. The summed E-state index contributed by atoms with van der Waals surface area (Å²) in [7, 11) is 0. The Morgan fingerprint density at radius 3 is 2.58 bits per heavy atom. The van der Waals surface area contributed by atoms with Gasteiger partial charge in [-0.25, -0.2) is 4.98 Å². The van der Waals surface area contributed by atoms with E-state index < -0.39 is 12.2 Å². The van der Waals surface area contributed by atoms with Crippen molar-refractivity contribution in [1.82, 2.24) is 20.3 Å². The summed E-state index contributed by atoms with van der Waals surface area (Å²) in [6.07, 6.45) is 7.77. The highest BCUT2D eigenvalue weighted by Crippen LogP contribution is 2.38. The quantitative estimate of drug-likeness (QED) is 0.681. The molecule has 3 N–H and O–H groups in total. The van der Waals surface area contributed by atoms with E-state index in [-0.39, 0.29) is 5.41 Å². The average Bonchev–Trinajstić information content (AvgIpc) is 2.90. The topological polar surface area (TPSA) is 100 Å². The Labute approximate surface area is 140 Å². The Hall–Kier alpha value is -2.09. The first kappa shape index (κ1) is 16.8. The van der Waals surface area contributed by atoms with Gasteiger partial charge in [0.1, 0.15) is 0 Å². The Balaban J connectivity index is 1.60. The third-order valence-corrected chi connectivity index (χ3v) is 4.35. The number of nitrogens with zero attached hydrogens (tertiary/aromatic N) is 3. The molecular formula is C17H22N4O3. The fourth-order valence-corrected chi connectivity index (χ4v) is 3.12. The SMILES string of the molecule is O[C@@H]1CC(CNCc2cccnc2)(COc2cnccn2)C[C@@H]1O. The van der Waals surface area contributed by atoms with Crippen molar-refractivity contribution in [3.05, 3.63) is 48.7 Å². The number of nitrogens with one attached hydrogen (secondary N) is 1. The van der Waals surface area contributed by atoms with Crippen molar-refractivity contribution in [2.45, 2.75) is 31.6 Å². The van der Waals surface area contributed by atoms with Gasteiger partial charge in [-0.1, -0.05) is 6.07 Å². The first-order valence-electron chi connectivity index (χ1n) is 8.01. The second kappa shape index (κ2) is 7.65. The fourth-order valence-electron chi connectivity index (χ4n) is 3.12. The summed E-state index contributed by atoms with van der Waals surface area (Å²) in [6.45, 7) is 1.66. The predicted molar refractivity (Wildman–Crippen MR) is 87.2 cm³/mol. The zero-order chi connectivity index (χ0) is 16.8. The van der Waals surface area contributed by atoms with Crippen LogP contribution in [0.4, 0.5) is 0 Å². The molecule has 0 bridgehead atoms. The molecule has 2 heterocycles. The molecule has 1 aliphatic rings. The number of aliphatic hydroxyl groups is 2. The normalized spacial score (nSPS) is 26.4. The van der Waals surface area contributed by atoms with E-state index in [1.165, 1.54) is 0 Å². The lowest BCUT2D eigenvalue weighted by Crippen LogP contribution is -2.38. The molecule has 2 aromatic rings. The number of hydrogen-bond acceptors (Lipinski definition) is 7. The van der Waals surface area contributed by atoms with Crippen molar-refractivity contribution >= 4 is 0 Å². The summed E-state index contributed by atoms with van der Waals surface area (Å²) in [4.78, 5) is 12.2. The molecule has 0 radical (unpaired) electrons. The second-order valence-electron chi connectivity index (χ2n) is 6.34. The van der Waals surface area contributed by atoms with E-state index in [1.54, 1.807) is 24.8 Å². The average molecular weight is 330 g/mol. The maximum atomic E-state index is 9.98. The van der Waals surface area contributed by atoms with Crippen molar-refractivity contribution in [3.63, 3.8) is 0 Å². The smallest absolute Gasteiger partial charge is 0.232 e. The van der Waals surface area contributed by atoms with Crippen LogP contribution in [-0.4, -0.2) is 50.5 Å². The van der Waals surface area contributed by atoms with Gasteiger partial charge in [0, 0.05) is 43.3 Å². The van der Waals surface area contributed by atoms with Crippen molar-refractivity contribution in [3.8, 4) is 5.88 Å². The van der Waals surface area contributed by atoms with Crippen LogP contribution >= 0.6 is 0 Å². The lowest BCUT2D eigenvalue weighted by molar-refractivity contribution is 0.0438. The summed E-state index contributed by atoms with van der Waals surface area (Å²) >= 11 is 0. The molecule has 0 saturated heterocycles. The Bertz CT molecular complexity index is 616. The van der Waals surface area contributed by atoms with Crippen molar-refractivity contribution in [2.75, 3.05) is 13.2 Å². The van der Waals surface area contributed by atoms with E-state index in [0.29, 0.717) is 38.4 Å². The van der Waals surface area contributed by atoms with Crippen LogP contribution < -0.4 is 10.1 Å². The molecule has 0 aliphatic heterocycles. The minimum atomic E-state index is -0.726. The van der Waals surface area contributed by atoms with Gasteiger partial charge in [0.2, 0.25) is 5.88 Å². The van der Waals surface area contributed by atoms with E-state index in [2.05, 4.69) is 20.3 Å². The van der Waals surface area contributed by atoms with Crippen LogP contribution in [0.25, 0.3) is 0 Å². The standard InChI is InChI=1S/C17H22N4O3/c22-14-6-17(7-15(14)23,12-24-16-10-19-4-5-21-16)11-20-9-13-2-1-3-18-8-13/h1-5,8,10,14-15,20,22-23H,6-7,9,11-12H2/t14-,15+,17?. The molecule has 0 spiro atoms. The lowest BCUT2D eigenvalue weighted by Gasteiger charge is -2.29. The van der Waals surface area contributed by atoms with Crippen molar-refractivity contribution in [1.29, 1.82) is 0 Å². The maximum Gasteiger partial charge on any atom is 0.232 e. The summed E-state index contributed by atoms with van der Waals surface area (Å²) in [5.74, 6) is 0.444. The number of ether oxygens (including phenoxy) is 1. The highest BCUT2D eigenvalue weighted by Gasteiger charge is 2.44. The van der Waals surface area contributed by atoms with Crippen LogP contribution in [0.5, 0.6) is 5.88 Å². The molecule has 7 heteroatoms. The Kier molecular flexibility index (Phi) is 5.34. The second-order valence-corrected chi connectivity index (χ2v) is 6.34. The molecule has 128 valence electrons. The predicted octanol–water partition coefficient (Wildman–Crippen LogP) is 0.542. The molecule has 3 rings (SSSR count). The highest BCUT2D eigenvalue weighted by molar-refractivity contribution is 5.08. The van der Waals surface area contributed by atoms with Gasteiger partial charge < -0.3 is 20.3 Å². The molecular weight excluding hydrogens is 308 g/mol. The molecule has 1 fully saturated rings. The van der Waals surface area contributed by atoms with Crippen LogP contribution in [-0.2, 0) is 6.54 Å². The van der Waals surface area contributed by atoms with Crippen molar-refractivity contribution < 1.29 is 14.9 Å². The molecule has 24 heavy (non-hydrogen) atoms. The van der Waals surface area contributed by atoms with E-state index in [9.17, 15) is 10.2 Å². The van der Waals surface area contributed by atoms with Gasteiger partial charge in [-0.05, 0) is 24.5 Å². The number of pyridine rings is 1. The lowest BCUT2D eigenvalue weighted by atomic mass is 9.86. The zero-order valence-electron chi connectivity index (χ0n) is 13.4. The molecule has 1 unspecified atom stereocenters. The van der Waals surface area contributed by atoms with Crippen LogP contribution in [0.2, 0.25) is 0 Å². The molecule has 2 aromatic heterocycles. The Morgan fingerprint density at radius 2 is 1.92 bits per heavy atom. The van der Waals surface area contributed by atoms with E-state index in [4.69, 9.17) is 4.74 Å². The van der Waals surface area contributed by atoms with E-state index in [1.807, 2.05) is 18.3 Å². The Morgan fingerprint density at radius 1 is 1.12 bits per heavy atom. The third-order valence-electron chi connectivity index (χ3n) is 4.35. The van der Waals surface area contributed by atoms with Gasteiger partial charge in [-0.15, -0.1) is 0 Å². The monoisotopic (exact) mass is 330 g/mol. The first-order chi connectivity index (χ1) is 11.7.